The number of carbonyl (C=O) groups excluding carboxylic acids is 1. The second-order valence-corrected chi connectivity index (χ2v) is 3.94. The Morgan fingerprint density at radius 1 is 1.47 bits per heavy atom. The number of amides is 2. The van der Waals surface area contributed by atoms with Crippen LogP contribution in [0.5, 0.6) is 5.88 Å². The van der Waals surface area contributed by atoms with Crippen LogP contribution >= 0.6 is 0 Å². The highest BCUT2D eigenvalue weighted by molar-refractivity contribution is 5.89. The van der Waals surface area contributed by atoms with Gasteiger partial charge in [-0.05, 0) is 25.8 Å². The summed E-state index contributed by atoms with van der Waals surface area (Å²) in [5.74, 6) is 0.576. The summed E-state index contributed by atoms with van der Waals surface area (Å²) in [6, 6.07) is 3.50. The minimum Gasteiger partial charge on any atom is -0.478 e. The second kappa shape index (κ2) is 5.52. The molecule has 1 aromatic heterocycles. The molecular weight excluding hydrogens is 218 g/mol. The highest BCUT2D eigenvalue weighted by Crippen LogP contribution is 2.14. The maximum atomic E-state index is 11.8. The van der Waals surface area contributed by atoms with Gasteiger partial charge in [0.2, 0.25) is 5.88 Å². The van der Waals surface area contributed by atoms with E-state index < -0.39 is 0 Å². The highest BCUT2D eigenvalue weighted by Gasteiger charge is 2.17. The Morgan fingerprint density at radius 3 is 2.82 bits per heavy atom. The lowest BCUT2D eigenvalue weighted by molar-refractivity contribution is 0.222. The van der Waals surface area contributed by atoms with Gasteiger partial charge in [-0.25, -0.2) is 9.78 Å². The molecule has 0 spiro atoms. The molecule has 0 aliphatic carbocycles. The van der Waals surface area contributed by atoms with E-state index in [1.165, 1.54) is 0 Å². The number of hydrogen-bond acceptors (Lipinski definition) is 3. The molecule has 1 N–H and O–H groups in total. The Bertz CT molecular complexity index is 372. The third kappa shape index (κ3) is 3.09. The molecule has 1 saturated heterocycles. The minimum atomic E-state index is -0.0477. The number of anilines is 1. The Kier molecular flexibility index (Phi) is 3.80. The highest BCUT2D eigenvalue weighted by atomic mass is 16.5. The molecule has 1 aromatic rings. The maximum Gasteiger partial charge on any atom is 0.321 e. The molecule has 17 heavy (non-hydrogen) atoms. The lowest BCUT2D eigenvalue weighted by atomic mass is 10.4. The molecule has 5 heteroatoms. The van der Waals surface area contributed by atoms with Gasteiger partial charge in [0.1, 0.15) is 0 Å². The smallest absolute Gasteiger partial charge is 0.321 e. The molecule has 0 saturated carbocycles. The standard InChI is InChI=1S/C12H17N3O2/c1-2-17-11-6-5-10(9-13-11)14-12(16)15-7-3-4-8-15/h5-6,9H,2-4,7-8H2,1H3,(H,14,16). The van der Waals surface area contributed by atoms with Gasteiger partial charge in [0.15, 0.2) is 0 Å². The van der Waals surface area contributed by atoms with E-state index in [-0.39, 0.29) is 6.03 Å². The molecule has 92 valence electrons. The van der Waals surface area contributed by atoms with Crippen LogP contribution in [0.2, 0.25) is 0 Å². The van der Waals surface area contributed by atoms with Gasteiger partial charge in [0.05, 0.1) is 18.5 Å². The molecule has 2 heterocycles. The van der Waals surface area contributed by atoms with Crippen molar-refractivity contribution in [2.45, 2.75) is 19.8 Å². The summed E-state index contributed by atoms with van der Waals surface area (Å²) < 4.78 is 5.23. The summed E-state index contributed by atoms with van der Waals surface area (Å²) in [7, 11) is 0. The average molecular weight is 235 g/mol. The van der Waals surface area contributed by atoms with Crippen LogP contribution in [-0.4, -0.2) is 35.6 Å². The minimum absolute atomic E-state index is 0.0477. The third-order valence-electron chi connectivity index (χ3n) is 2.67. The van der Waals surface area contributed by atoms with E-state index in [1.807, 2.05) is 11.8 Å². The van der Waals surface area contributed by atoms with Crippen molar-refractivity contribution in [1.82, 2.24) is 9.88 Å². The number of nitrogens with zero attached hydrogens (tertiary/aromatic N) is 2. The van der Waals surface area contributed by atoms with Crippen LogP contribution in [0.1, 0.15) is 19.8 Å². The summed E-state index contributed by atoms with van der Waals surface area (Å²) in [4.78, 5) is 17.7. The van der Waals surface area contributed by atoms with Gasteiger partial charge in [0.25, 0.3) is 0 Å². The van der Waals surface area contributed by atoms with Crippen LogP contribution < -0.4 is 10.1 Å². The first kappa shape index (κ1) is 11.7. The van der Waals surface area contributed by atoms with E-state index in [4.69, 9.17) is 4.74 Å². The fourth-order valence-corrected chi connectivity index (χ4v) is 1.81. The van der Waals surface area contributed by atoms with Crippen LogP contribution in [0.3, 0.4) is 0 Å². The van der Waals surface area contributed by atoms with E-state index in [1.54, 1.807) is 18.3 Å². The Labute approximate surface area is 101 Å². The van der Waals surface area contributed by atoms with Crippen LogP contribution in [0.25, 0.3) is 0 Å². The summed E-state index contributed by atoms with van der Waals surface area (Å²) in [6.45, 7) is 4.18. The van der Waals surface area contributed by atoms with Crippen molar-refractivity contribution in [2.24, 2.45) is 0 Å². The fraction of sp³-hybridized carbons (Fsp3) is 0.500. The van der Waals surface area contributed by atoms with Crippen LogP contribution in [-0.2, 0) is 0 Å². The van der Waals surface area contributed by atoms with Gasteiger partial charge in [-0.3, -0.25) is 0 Å². The molecular formula is C12H17N3O2. The Balaban J connectivity index is 1.91. The summed E-state index contributed by atoms with van der Waals surface area (Å²) >= 11 is 0. The first-order valence-corrected chi connectivity index (χ1v) is 5.94. The molecule has 1 aliphatic heterocycles. The van der Waals surface area contributed by atoms with Gasteiger partial charge < -0.3 is 15.0 Å². The first-order valence-electron chi connectivity index (χ1n) is 5.94. The van der Waals surface area contributed by atoms with Crippen molar-refractivity contribution < 1.29 is 9.53 Å². The SMILES string of the molecule is CCOc1ccc(NC(=O)N2CCCC2)cn1. The van der Waals surface area contributed by atoms with Gasteiger partial charge >= 0.3 is 6.03 Å². The molecule has 0 bridgehead atoms. The maximum absolute atomic E-state index is 11.8. The van der Waals surface area contributed by atoms with E-state index in [0.717, 1.165) is 25.9 Å². The zero-order valence-corrected chi connectivity index (χ0v) is 9.98. The van der Waals surface area contributed by atoms with Crippen LogP contribution in [0.4, 0.5) is 10.5 Å². The quantitative estimate of drug-likeness (QED) is 0.873. The Hall–Kier alpha value is -1.78. The summed E-state index contributed by atoms with van der Waals surface area (Å²) in [5, 5.41) is 2.82. The van der Waals surface area contributed by atoms with Crippen LogP contribution in [0, 0.1) is 0 Å². The van der Waals surface area contributed by atoms with Crippen molar-refractivity contribution in [1.29, 1.82) is 0 Å². The summed E-state index contributed by atoms with van der Waals surface area (Å²) in [5.41, 5.74) is 0.699. The van der Waals surface area contributed by atoms with Gasteiger partial charge in [-0.15, -0.1) is 0 Å². The predicted octanol–water partition coefficient (Wildman–Crippen LogP) is 2.11. The fourth-order valence-electron chi connectivity index (χ4n) is 1.81. The first-order chi connectivity index (χ1) is 8.29. The number of carbonyl (C=O) groups is 1. The van der Waals surface area contributed by atoms with Gasteiger partial charge in [-0.2, -0.15) is 0 Å². The van der Waals surface area contributed by atoms with E-state index in [2.05, 4.69) is 10.3 Å². The molecule has 0 atom stereocenters. The predicted molar refractivity (Wildman–Crippen MR) is 65.2 cm³/mol. The number of hydrogen-bond donors (Lipinski definition) is 1. The number of urea groups is 1. The molecule has 2 rings (SSSR count). The lowest BCUT2D eigenvalue weighted by Crippen LogP contribution is -2.32. The normalized spacial score (nSPS) is 14.8. The summed E-state index contributed by atoms with van der Waals surface area (Å²) in [6.07, 6.45) is 3.79. The van der Waals surface area contributed by atoms with Gasteiger partial charge in [0, 0.05) is 19.2 Å². The zero-order chi connectivity index (χ0) is 12.1. The molecule has 1 fully saturated rings. The largest absolute Gasteiger partial charge is 0.478 e. The average Bonchev–Trinajstić information content (AvgIpc) is 2.86. The second-order valence-electron chi connectivity index (χ2n) is 3.94. The number of likely N-dealkylation sites (tertiary alicyclic amines) is 1. The van der Waals surface area contributed by atoms with Crippen molar-refractivity contribution >= 4 is 11.7 Å². The zero-order valence-electron chi connectivity index (χ0n) is 9.98. The number of nitrogens with one attached hydrogen (secondary N) is 1. The number of rotatable bonds is 3. The van der Waals surface area contributed by atoms with Crippen molar-refractivity contribution in [3.63, 3.8) is 0 Å². The number of ether oxygens (including phenoxy) is 1. The number of pyridine rings is 1. The van der Waals surface area contributed by atoms with Gasteiger partial charge in [-0.1, -0.05) is 0 Å². The van der Waals surface area contributed by atoms with E-state index in [9.17, 15) is 4.79 Å². The third-order valence-corrected chi connectivity index (χ3v) is 2.67. The molecule has 5 nitrogen and oxygen atoms in total. The topological polar surface area (TPSA) is 54.5 Å². The molecule has 0 unspecified atom stereocenters. The van der Waals surface area contributed by atoms with E-state index >= 15 is 0 Å². The van der Waals surface area contributed by atoms with Crippen molar-refractivity contribution in [2.75, 3.05) is 25.0 Å². The molecule has 0 aromatic carbocycles. The molecule has 1 aliphatic rings. The van der Waals surface area contributed by atoms with Crippen molar-refractivity contribution in [3.8, 4) is 5.88 Å². The monoisotopic (exact) mass is 235 g/mol. The molecule has 2 amide bonds. The molecule has 0 radical (unpaired) electrons. The van der Waals surface area contributed by atoms with E-state index in [0.29, 0.717) is 18.2 Å². The Morgan fingerprint density at radius 2 is 2.24 bits per heavy atom. The number of aromatic nitrogens is 1. The van der Waals surface area contributed by atoms with Crippen LogP contribution in [0.15, 0.2) is 18.3 Å². The lowest BCUT2D eigenvalue weighted by Gasteiger charge is -2.15. The van der Waals surface area contributed by atoms with Crippen molar-refractivity contribution in [3.05, 3.63) is 18.3 Å².